The lowest BCUT2D eigenvalue weighted by Crippen LogP contribution is -2.60. The summed E-state index contributed by atoms with van der Waals surface area (Å²) < 4.78 is 57.3. The van der Waals surface area contributed by atoms with Crippen molar-refractivity contribution >= 4 is 80.1 Å². The first-order chi connectivity index (χ1) is 38.2. The van der Waals surface area contributed by atoms with Crippen molar-refractivity contribution in [1.82, 2.24) is 0 Å². The molecule has 82 heavy (non-hydrogen) atoms. The van der Waals surface area contributed by atoms with Gasteiger partial charge in [0.15, 0.2) is 30.7 Å². The molecule has 11 nitrogen and oxygen atoms in total. The summed E-state index contributed by atoms with van der Waals surface area (Å²) in [5, 5.41) is 1.40. The number of ether oxygens (including phenoxy) is 7. The van der Waals surface area contributed by atoms with Crippen LogP contribution in [0.15, 0.2) is 109 Å². The van der Waals surface area contributed by atoms with Gasteiger partial charge in [-0.15, -0.1) is 0 Å². The first-order valence-electron chi connectivity index (χ1n) is 29.7. The third-order valence-electron chi connectivity index (χ3n) is 11.0. The predicted octanol–water partition coefficient (Wildman–Crippen LogP) is 19.4. The van der Waals surface area contributed by atoms with E-state index in [4.69, 9.17) is 68.7 Å². The summed E-state index contributed by atoms with van der Waals surface area (Å²) in [6.45, 7) is 48.8. The van der Waals surface area contributed by atoms with Crippen LogP contribution in [0.25, 0.3) is 6.08 Å². The van der Waals surface area contributed by atoms with Gasteiger partial charge in [-0.05, 0) is 196 Å². The Kier molecular flexibility index (Phi) is 38.3. The fourth-order valence-electron chi connectivity index (χ4n) is 7.98. The van der Waals surface area contributed by atoms with Gasteiger partial charge in [0.1, 0.15) is 12.4 Å². The lowest BCUT2D eigenvalue weighted by molar-refractivity contribution is -0.152. The molecule has 17 heteroatoms. The summed E-state index contributed by atoms with van der Waals surface area (Å²) >= 11 is 12.1. The molecule has 0 atom stereocenters. The summed E-state index contributed by atoms with van der Waals surface area (Å²) in [6.07, 6.45) is 8.21. The van der Waals surface area contributed by atoms with Gasteiger partial charge < -0.3 is 50.4 Å². The van der Waals surface area contributed by atoms with Gasteiger partial charge in [0.25, 0.3) is 0 Å². The number of benzene rings is 4. The smallest absolute Gasteiger partial charge is 0.469 e. The number of rotatable bonds is 29. The van der Waals surface area contributed by atoms with E-state index in [1.165, 1.54) is 12.0 Å². The number of hydrogen-bond donors (Lipinski definition) is 0. The van der Waals surface area contributed by atoms with Crippen molar-refractivity contribution in [2.75, 3.05) is 64.9 Å². The Morgan fingerprint density at radius 3 is 1.37 bits per heavy atom. The van der Waals surface area contributed by atoms with Gasteiger partial charge in [-0.25, -0.2) is 0 Å². The molecule has 0 aromatic heterocycles. The average molecular weight is 1250 g/mol. The molecule has 1 aliphatic heterocycles. The second-order valence-corrected chi connectivity index (χ2v) is 43.0. The highest BCUT2D eigenvalue weighted by molar-refractivity contribution is 6.90. The number of halogens is 2. The van der Waals surface area contributed by atoms with Crippen LogP contribution in [0.2, 0.25) is 75.0 Å². The van der Waals surface area contributed by atoms with Crippen LogP contribution in [-0.4, -0.2) is 112 Å². The van der Waals surface area contributed by atoms with E-state index in [0.29, 0.717) is 67.6 Å². The zero-order chi connectivity index (χ0) is 62.0. The second kappa shape index (κ2) is 40.6. The zero-order valence-corrected chi connectivity index (χ0v) is 60.1. The largest absolute Gasteiger partial charge is 0.491 e. The highest BCUT2D eigenvalue weighted by atomic mass is 35.5. The molecule has 1 saturated heterocycles. The quantitative estimate of drug-likeness (QED) is 0.0384. The van der Waals surface area contributed by atoms with Gasteiger partial charge in [0, 0.05) is 46.7 Å². The van der Waals surface area contributed by atoms with Crippen LogP contribution in [0, 0.1) is 17.8 Å². The van der Waals surface area contributed by atoms with Crippen LogP contribution in [0.1, 0.15) is 101 Å². The Labute approximate surface area is 514 Å². The Bertz CT molecular complexity index is 2140. The highest BCUT2D eigenvalue weighted by Gasteiger charge is 2.49. The minimum Gasteiger partial charge on any atom is -0.491 e. The minimum atomic E-state index is -2.58. The molecule has 1 heterocycles. The minimum absolute atomic E-state index is 0.207. The van der Waals surface area contributed by atoms with Gasteiger partial charge >= 0.3 is 8.80 Å². The van der Waals surface area contributed by atoms with Gasteiger partial charge in [0.05, 0.1) is 58.5 Å². The van der Waals surface area contributed by atoms with Crippen molar-refractivity contribution < 1.29 is 45.5 Å². The molecule has 466 valence electrons. The van der Waals surface area contributed by atoms with E-state index in [9.17, 15) is 0 Å². The molecule has 4 aromatic rings. The van der Waals surface area contributed by atoms with Crippen molar-refractivity contribution in [2.24, 2.45) is 17.8 Å². The SMILES string of the molecule is CC(C)/C=C/c1ccccc1.CC(C)CC1(C)OCCO1.CC(C)CCC[Si](O[Si](C)(C)C)(O[Si](C)(C)C)O[Si](C)(C)C.CC(C)OCCOc1ccc(N(c2ccc(Cl)cc2)c2ccc(Cl)cc2)cc1.COCCOCCOC(C)C. The maximum Gasteiger partial charge on any atom is 0.469 e. The number of hydrogen-bond acceptors (Lipinski definition) is 11. The van der Waals surface area contributed by atoms with Crippen LogP contribution in [-0.2, 0) is 40.8 Å². The number of methoxy groups -OCH3 is 1. The van der Waals surface area contributed by atoms with E-state index in [0.717, 1.165) is 60.8 Å². The van der Waals surface area contributed by atoms with Crippen LogP contribution >= 0.6 is 23.2 Å². The lowest BCUT2D eigenvalue weighted by atomic mass is 10.0. The Morgan fingerprint density at radius 2 is 0.976 bits per heavy atom. The van der Waals surface area contributed by atoms with Crippen LogP contribution < -0.4 is 9.64 Å². The molecule has 0 unspecified atom stereocenters. The topological polar surface area (TPSA) is 95.5 Å². The van der Waals surface area contributed by atoms with Crippen LogP contribution in [0.3, 0.4) is 0 Å². The fraction of sp³-hybridized carbons (Fsp3) is 0.600. The van der Waals surface area contributed by atoms with E-state index in [2.05, 4.69) is 142 Å². The fourth-order valence-corrected chi connectivity index (χ4v) is 22.9. The van der Waals surface area contributed by atoms with E-state index < -0.39 is 33.8 Å². The Balaban J connectivity index is 0.000000549. The van der Waals surface area contributed by atoms with Gasteiger partial charge in [0.2, 0.25) is 0 Å². The molecule has 0 bridgehead atoms. The van der Waals surface area contributed by atoms with E-state index in [1.807, 2.05) is 113 Å². The molecule has 0 amide bonds. The number of allylic oxidation sites excluding steroid dienone is 1. The van der Waals surface area contributed by atoms with Gasteiger partial charge in [-0.3, -0.25) is 0 Å². The van der Waals surface area contributed by atoms with E-state index in [-0.39, 0.29) is 11.9 Å². The molecule has 1 aliphatic rings. The summed E-state index contributed by atoms with van der Waals surface area (Å²) in [5.41, 5.74) is 4.30. The molecule has 0 aliphatic carbocycles. The molecular formula is C65H111Cl2NO10Si4. The highest BCUT2D eigenvalue weighted by Crippen LogP contribution is 2.37. The Hall–Kier alpha value is -2.69. The molecule has 0 radical (unpaired) electrons. The average Bonchev–Trinajstić information content (AvgIpc) is 3.95. The van der Waals surface area contributed by atoms with Gasteiger partial charge in [-0.1, -0.05) is 114 Å². The lowest BCUT2D eigenvalue weighted by Gasteiger charge is -2.43. The summed E-state index contributed by atoms with van der Waals surface area (Å²) in [7, 11) is -6.06. The molecule has 1 fully saturated rings. The second-order valence-electron chi connectivity index (χ2n) is 25.1. The van der Waals surface area contributed by atoms with E-state index >= 15 is 0 Å². The molecule has 5 rings (SSSR count). The van der Waals surface area contributed by atoms with Crippen molar-refractivity contribution in [1.29, 1.82) is 0 Å². The normalized spacial score (nSPS) is 13.6. The van der Waals surface area contributed by atoms with Crippen molar-refractivity contribution in [3.05, 3.63) is 125 Å². The maximum absolute atomic E-state index is 6.66. The third kappa shape index (κ3) is 39.8. The van der Waals surface area contributed by atoms with Crippen molar-refractivity contribution in [3.8, 4) is 5.75 Å². The first-order valence-corrected chi connectivity index (χ1v) is 42.6. The molecule has 0 spiro atoms. The standard InChI is InChI=1S/C23H23Cl2NO2.C15H40O3Si4.C11H14.C8H18O3.C8H16O2/c1-17(2)27-15-16-28-23-13-11-22(12-14-23)26(20-7-3-18(24)4-8-20)21-9-5-19(25)6-10-21;1-15(2)13-12-14-22(16-19(3,4)5,17-20(6,7)8)18-21(9,10)11;1-10(2)8-9-11-6-4-3-5-7-11;1-8(2)11-7-6-10-5-4-9-3;1-7(2)6-8(3)9-4-5-10-8/h3-14,17H,15-16H2,1-2H3;15H,12-14H2,1-11H3;3-10H,1-2H3;8H,4-7H2,1-3H3;7H,4-6H2,1-3H3/b;;9-8+;;. The monoisotopic (exact) mass is 1250 g/mol. The molecule has 4 aromatic carbocycles. The number of anilines is 3. The van der Waals surface area contributed by atoms with E-state index in [1.54, 1.807) is 7.11 Å². The maximum atomic E-state index is 6.66. The molecule has 0 saturated carbocycles. The summed E-state index contributed by atoms with van der Waals surface area (Å²) in [4.78, 5) is 2.14. The van der Waals surface area contributed by atoms with Gasteiger partial charge in [-0.2, -0.15) is 0 Å². The van der Waals surface area contributed by atoms with Crippen molar-refractivity contribution in [3.63, 3.8) is 0 Å². The van der Waals surface area contributed by atoms with Crippen molar-refractivity contribution in [2.45, 2.75) is 178 Å². The molecule has 0 N–H and O–H groups in total. The zero-order valence-electron chi connectivity index (χ0n) is 54.6. The third-order valence-corrected chi connectivity index (χ3v) is 23.5. The molecular weight excluding hydrogens is 1140 g/mol. The van der Waals surface area contributed by atoms with Crippen LogP contribution in [0.5, 0.6) is 5.75 Å². The van der Waals surface area contributed by atoms with Crippen LogP contribution in [0.4, 0.5) is 17.1 Å². The summed E-state index contributed by atoms with van der Waals surface area (Å²) in [5.74, 6) is 2.52. The summed E-state index contributed by atoms with van der Waals surface area (Å²) in [6, 6.07) is 34.8. The predicted molar refractivity (Wildman–Crippen MR) is 360 cm³/mol. The first kappa shape index (κ1) is 77.3. The number of nitrogens with zero attached hydrogens (tertiary/aromatic N) is 1. The Morgan fingerprint density at radius 1 is 0.549 bits per heavy atom.